The summed E-state index contributed by atoms with van der Waals surface area (Å²) in [7, 11) is -3.51. The van der Waals surface area contributed by atoms with Crippen LogP contribution < -0.4 is 10.1 Å². The molecule has 1 N–H and O–H groups in total. The van der Waals surface area contributed by atoms with E-state index in [-0.39, 0.29) is 10.8 Å². The maximum absolute atomic E-state index is 12.8. The van der Waals surface area contributed by atoms with Crippen LogP contribution in [0.5, 0.6) is 5.75 Å². The Kier molecular flexibility index (Phi) is 7.16. The number of nitrogens with one attached hydrogen (secondary N) is 1. The van der Waals surface area contributed by atoms with Gasteiger partial charge in [0.25, 0.3) is 5.91 Å². The number of hydrogen-bond acceptors (Lipinski definition) is 4. The number of ether oxygens (including phenoxy) is 1. The number of hydrogen-bond donors (Lipinski definition) is 1. The van der Waals surface area contributed by atoms with Crippen molar-refractivity contribution >= 4 is 33.2 Å². The van der Waals surface area contributed by atoms with E-state index in [1.165, 1.54) is 12.1 Å². The van der Waals surface area contributed by atoms with Crippen molar-refractivity contribution in [2.45, 2.75) is 43.6 Å². The first-order valence-corrected chi connectivity index (χ1v) is 11.5. The van der Waals surface area contributed by atoms with Crippen molar-refractivity contribution in [3.8, 4) is 5.75 Å². The Bertz CT molecular complexity index is 939. The number of amides is 1. The first kappa shape index (κ1) is 21.6. The molecule has 0 aromatic heterocycles. The molecule has 156 valence electrons. The van der Waals surface area contributed by atoms with Crippen molar-refractivity contribution in [2.75, 3.05) is 18.4 Å². The summed E-state index contributed by atoms with van der Waals surface area (Å²) in [6.07, 6.45) is 3.16. The highest BCUT2D eigenvalue weighted by Crippen LogP contribution is 2.22. The van der Waals surface area contributed by atoms with Gasteiger partial charge in [-0.15, -0.1) is 0 Å². The SMILES string of the molecule is C[C@H](Oc1cccc(Cl)c1)C(=O)Nc1ccc(S(=O)(=O)N2CCCCCC2)cc1. The zero-order valence-corrected chi connectivity index (χ0v) is 17.9. The third-order valence-electron chi connectivity index (χ3n) is 4.80. The summed E-state index contributed by atoms with van der Waals surface area (Å²) in [6.45, 7) is 2.74. The first-order valence-electron chi connectivity index (χ1n) is 9.69. The highest BCUT2D eigenvalue weighted by Gasteiger charge is 2.25. The van der Waals surface area contributed by atoms with Gasteiger partial charge >= 0.3 is 0 Å². The van der Waals surface area contributed by atoms with Crippen LogP contribution in [0.25, 0.3) is 0 Å². The number of rotatable bonds is 6. The van der Waals surface area contributed by atoms with E-state index in [1.807, 2.05) is 0 Å². The van der Waals surface area contributed by atoms with Crippen molar-refractivity contribution in [2.24, 2.45) is 0 Å². The Morgan fingerprint density at radius 1 is 1.07 bits per heavy atom. The second-order valence-corrected chi connectivity index (χ2v) is 9.42. The predicted octanol–water partition coefficient (Wildman–Crippen LogP) is 4.31. The van der Waals surface area contributed by atoms with E-state index in [0.717, 1.165) is 25.7 Å². The average Bonchev–Trinajstić information content (AvgIpc) is 2.98. The molecule has 2 aromatic rings. The molecule has 6 nitrogen and oxygen atoms in total. The van der Waals surface area contributed by atoms with Gasteiger partial charge in [-0.2, -0.15) is 4.31 Å². The van der Waals surface area contributed by atoms with Crippen LogP contribution in [0.15, 0.2) is 53.4 Å². The van der Waals surface area contributed by atoms with E-state index in [4.69, 9.17) is 16.3 Å². The molecule has 1 aliphatic heterocycles. The molecule has 0 aliphatic carbocycles. The van der Waals surface area contributed by atoms with Gasteiger partial charge in [0.05, 0.1) is 4.90 Å². The van der Waals surface area contributed by atoms with Crippen LogP contribution in [0.2, 0.25) is 5.02 Å². The van der Waals surface area contributed by atoms with E-state index in [9.17, 15) is 13.2 Å². The van der Waals surface area contributed by atoms with Gasteiger partial charge < -0.3 is 10.1 Å². The molecule has 0 spiro atoms. The Morgan fingerprint density at radius 3 is 2.34 bits per heavy atom. The highest BCUT2D eigenvalue weighted by atomic mass is 35.5. The molecule has 8 heteroatoms. The molecule has 1 atom stereocenters. The standard InChI is InChI=1S/C21H25ClN2O4S/c1-16(28-19-8-6-7-17(22)15-19)21(25)23-18-9-11-20(12-10-18)29(26,27)24-13-4-2-3-5-14-24/h6-12,15-16H,2-5,13-14H2,1H3,(H,23,25)/t16-/m0/s1. The van der Waals surface area contributed by atoms with E-state index in [2.05, 4.69) is 5.32 Å². The molecule has 0 radical (unpaired) electrons. The van der Waals surface area contributed by atoms with Gasteiger partial charge in [-0.1, -0.05) is 30.5 Å². The van der Waals surface area contributed by atoms with E-state index < -0.39 is 16.1 Å². The number of carbonyl (C=O) groups is 1. The Hall–Kier alpha value is -2.09. The van der Waals surface area contributed by atoms with Gasteiger partial charge in [-0.25, -0.2) is 8.42 Å². The van der Waals surface area contributed by atoms with E-state index in [0.29, 0.717) is 29.5 Å². The van der Waals surface area contributed by atoms with Crippen molar-refractivity contribution in [1.82, 2.24) is 4.31 Å². The number of carbonyl (C=O) groups excluding carboxylic acids is 1. The number of halogens is 1. The van der Waals surface area contributed by atoms with Crippen molar-refractivity contribution in [3.63, 3.8) is 0 Å². The first-order chi connectivity index (χ1) is 13.9. The molecule has 2 aromatic carbocycles. The highest BCUT2D eigenvalue weighted by molar-refractivity contribution is 7.89. The average molecular weight is 437 g/mol. The van der Waals surface area contributed by atoms with Crippen molar-refractivity contribution in [1.29, 1.82) is 0 Å². The summed E-state index contributed by atoms with van der Waals surface area (Å²) in [5.74, 6) is 0.159. The summed E-state index contributed by atoms with van der Waals surface area (Å²) < 4.78 is 32.8. The van der Waals surface area contributed by atoms with Crippen LogP contribution >= 0.6 is 11.6 Å². The second-order valence-electron chi connectivity index (χ2n) is 7.05. The second kappa shape index (κ2) is 9.61. The smallest absolute Gasteiger partial charge is 0.265 e. The minimum atomic E-state index is -3.51. The van der Waals surface area contributed by atoms with Crippen LogP contribution in [0.1, 0.15) is 32.6 Å². The number of sulfonamides is 1. The van der Waals surface area contributed by atoms with E-state index >= 15 is 0 Å². The predicted molar refractivity (Wildman–Crippen MR) is 114 cm³/mol. The molecule has 1 aliphatic rings. The summed E-state index contributed by atoms with van der Waals surface area (Å²) >= 11 is 5.92. The molecule has 1 fully saturated rings. The molecule has 1 heterocycles. The fourth-order valence-corrected chi connectivity index (χ4v) is 4.88. The molecule has 1 amide bonds. The third kappa shape index (κ3) is 5.72. The molecule has 0 bridgehead atoms. The molecule has 29 heavy (non-hydrogen) atoms. The zero-order chi connectivity index (χ0) is 20.9. The molecule has 1 saturated heterocycles. The van der Waals surface area contributed by atoms with Crippen molar-refractivity contribution in [3.05, 3.63) is 53.6 Å². The van der Waals surface area contributed by atoms with Gasteiger partial charge in [0.1, 0.15) is 5.75 Å². The molecule has 3 rings (SSSR count). The maximum Gasteiger partial charge on any atom is 0.265 e. The number of benzene rings is 2. The molecular weight excluding hydrogens is 412 g/mol. The van der Waals surface area contributed by atoms with Crippen LogP contribution in [-0.4, -0.2) is 37.8 Å². The molecular formula is C21H25ClN2O4S. The summed E-state index contributed by atoms with van der Waals surface area (Å²) in [4.78, 5) is 12.6. The van der Waals surface area contributed by atoms with Crippen LogP contribution in [0, 0.1) is 0 Å². The lowest BCUT2D eigenvalue weighted by Gasteiger charge is -2.20. The quantitative estimate of drug-likeness (QED) is 0.732. The number of nitrogens with zero attached hydrogens (tertiary/aromatic N) is 1. The van der Waals surface area contributed by atoms with Gasteiger partial charge in [-0.3, -0.25) is 4.79 Å². The van der Waals surface area contributed by atoms with Gasteiger partial charge in [0.15, 0.2) is 6.10 Å². The summed E-state index contributed by atoms with van der Waals surface area (Å²) in [5, 5.41) is 3.26. The fraction of sp³-hybridized carbons (Fsp3) is 0.381. The molecule has 0 saturated carbocycles. The van der Waals surface area contributed by atoms with Gasteiger partial charge in [0, 0.05) is 23.8 Å². The topological polar surface area (TPSA) is 75.7 Å². The lowest BCUT2D eigenvalue weighted by atomic mass is 10.2. The summed E-state index contributed by atoms with van der Waals surface area (Å²) in [5.41, 5.74) is 0.506. The normalized spacial score (nSPS) is 16.6. The Balaban J connectivity index is 1.63. The van der Waals surface area contributed by atoms with Gasteiger partial charge in [-0.05, 0) is 62.2 Å². The third-order valence-corrected chi connectivity index (χ3v) is 6.95. The lowest BCUT2D eigenvalue weighted by Crippen LogP contribution is -2.32. The van der Waals surface area contributed by atoms with Crippen molar-refractivity contribution < 1.29 is 17.9 Å². The minimum absolute atomic E-state index is 0.237. The van der Waals surface area contributed by atoms with Crippen LogP contribution in [0.4, 0.5) is 5.69 Å². The monoisotopic (exact) mass is 436 g/mol. The number of anilines is 1. The zero-order valence-electron chi connectivity index (χ0n) is 16.3. The Morgan fingerprint density at radius 2 is 1.72 bits per heavy atom. The molecule has 0 unspecified atom stereocenters. The largest absolute Gasteiger partial charge is 0.481 e. The van der Waals surface area contributed by atoms with Gasteiger partial charge in [0.2, 0.25) is 10.0 Å². The fourth-order valence-electron chi connectivity index (χ4n) is 3.18. The summed E-state index contributed by atoms with van der Waals surface area (Å²) in [6, 6.07) is 13.1. The van der Waals surface area contributed by atoms with E-state index in [1.54, 1.807) is 47.6 Å². The van der Waals surface area contributed by atoms with Crippen LogP contribution in [-0.2, 0) is 14.8 Å². The maximum atomic E-state index is 12.8. The lowest BCUT2D eigenvalue weighted by molar-refractivity contribution is -0.122. The minimum Gasteiger partial charge on any atom is -0.481 e. The van der Waals surface area contributed by atoms with Crippen LogP contribution in [0.3, 0.4) is 0 Å². The Labute approximate surface area is 176 Å².